The van der Waals surface area contributed by atoms with Crippen molar-refractivity contribution < 1.29 is 4.42 Å². The van der Waals surface area contributed by atoms with E-state index in [2.05, 4.69) is 170 Å². The fourth-order valence-electron chi connectivity index (χ4n) is 7.56. The Morgan fingerprint density at radius 3 is 1.93 bits per heavy atom. The molecule has 1 aliphatic rings. The second-order valence-electron chi connectivity index (χ2n) is 12.5. The highest BCUT2D eigenvalue weighted by Crippen LogP contribution is 2.54. The van der Waals surface area contributed by atoms with E-state index in [0.717, 1.165) is 44.4 Å². The molecule has 214 valence electrons. The first-order valence-corrected chi connectivity index (χ1v) is 15.6. The maximum Gasteiger partial charge on any atom is 0.145 e. The van der Waals surface area contributed by atoms with Crippen molar-refractivity contribution in [3.63, 3.8) is 0 Å². The predicted octanol–water partition coefficient (Wildman–Crippen LogP) is 12.2. The first-order valence-electron chi connectivity index (χ1n) is 15.6. The van der Waals surface area contributed by atoms with Crippen LogP contribution >= 0.6 is 0 Å². The van der Waals surface area contributed by atoms with Crippen molar-refractivity contribution >= 4 is 49.8 Å². The Morgan fingerprint density at radius 1 is 0.511 bits per heavy atom. The number of anilines is 3. The van der Waals surface area contributed by atoms with Gasteiger partial charge in [0.15, 0.2) is 0 Å². The van der Waals surface area contributed by atoms with Gasteiger partial charge >= 0.3 is 0 Å². The third-order valence-corrected chi connectivity index (χ3v) is 9.64. The van der Waals surface area contributed by atoms with Crippen LogP contribution in [0.25, 0.3) is 55.0 Å². The highest BCUT2D eigenvalue weighted by molar-refractivity contribution is 6.27. The van der Waals surface area contributed by atoms with Crippen molar-refractivity contribution in [3.8, 4) is 22.3 Å². The Labute approximate surface area is 262 Å². The first kappa shape index (κ1) is 25.9. The number of fused-ring (bicyclic) bond motifs is 8. The number of hydrogen-bond donors (Lipinski definition) is 0. The van der Waals surface area contributed by atoms with Crippen LogP contribution in [0.5, 0.6) is 0 Å². The number of benzene rings is 7. The minimum absolute atomic E-state index is 0.117. The SMILES string of the molecule is CC1(C)c2ccccc2-c2ccc(N(c3ccccc3)c3c(-c4ccccc4)c4ccccc4c4oc5ccccc5c34)cc21. The molecule has 0 bridgehead atoms. The van der Waals surface area contributed by atoms with Crippen molar-refractivity contribution in [3.05, 3.63) is 163 Å². The smallest absolute Gasteiger partial charge is 0.145 e. The molecule has 0 spiro atoms. The van der Waals surface area contributed by atoms with Crippen LogP contribution < -0.4 is 4.90 Å². The van der Waals surface area contributed by atoms with Gasteiger partial charge in [-0.3, -0.25) is 0 Å². The molecule has 0 N–H and O–H groups in total. The molecule has 1 heterocycles. The summed E-state index contributed by atoms with van der Waals surface area (Å²) in [6.07, 6.45) is 0. The summed E-state index contributed by atoms with van der Waals surface area (Å²) in [4.78, 5) is 2.46. The molecular formula is C43H31NO. The summed E-state index contributed by atoms with van der Waals surface area (Å²) < 4.78 is 6.74. The van der Waals surface area contributed by atoms with Crippen molar-refractivity contribution in [2.75, 3.05) is 4.90 Å². The molecule has 0 amide bonds. The fraction of sp³-hybridized carbons (Fsp3) is 0.0698. The number of para-hydroxylation sites is 2. The molecule has 2 heteroatoms. The third kappa shape index (κ3) is 3.76. The standard InChI is InChI=1S/C43H31NO/c1-43(2)36-23-13-11-19-31(36)32-26-25-30(27-37(32)43)44(29-17-7-4-8-18-29)41-39(28-15-5-3-6-16-28)33-20-9-10-21-34(33)42-40(41)35-22-12-14-24-38(35)45-42/h3-27H,1-2H3. The lowest BCUT2D eigenvalue weighted by Gasteiger charge is -2.31. The quantitative estimate of drug-likeness (QED) is 0.207. The van der Waals surface area contributed by atoms with Crippen LogP contribution in [0, 0.1) is 0 Å². The van der Waals surface area contributed by atoms with Crippen LogP contribution in [0.3, 0.4) is 0 Å². The maximum atomic E-state index is 6.74. The van der Waals surface area contributed by atoms with E-state index in [0.29, 0.717) is 0 Å². The average Bonchev–Trinajstić information content (AvgIpc) is 3.59. The maximum absolute atomic E-state index is 6.74. The normalized spacial score (nSPS) is 13.3. The molecule has 9 rings (SSSR count). The second kappa shape index (κ2) is 9.70. The number of nitrogens with zero attached hydrogens (tertiary/aromatic N) is 1. The lowest BCUT2D eigenvalue weighted by atomic mass is 9.82. The highest BCUT2D eigenvalue weighted by Gasteiger charge is 2.36. The van der Waals surface area contributed by atoms with Crippen LogP contribution in [0.2, 0.25) is 0 Å². The zero-order chi connectivity index (χ0) is 30.1. The largest absolute Gasteiger partial charge is 0.455 e. The van der Waals surface area contributed by atoms with Crippen molar-refractivity contribution in [1.82, 2.24) is 0 Å². The van der Waals surface area contributed by atoms with E-state index in [1.54, 1.807) is 0 Å². The van der Waals surface area contributed by atoms with Crippen molar-refractivity contribution in [1.29, 1.82) is 0 Å². The molecule has 0 aliphatic heterocycles. The molecule has 2 nitrogen and oxygen atoms in total. The molecule has 0 atom stereocenters. The summed E-state index contributed by atoms with van der Waals surface area (Å²) in [5, 5.41) is 4.51. The Balaban J connectivity index is 1.45. The van der Waals surface area contributed by atoms with Gasteiger partial charge in [0.2, 0.25) is 0 Å². The minimum Gasteiger partial charge on any atom is -0.455 e. The molecule has 7 aromatic carbocycles. The van der Waals surface area contributed by atoms with Gasteiger partial charge in [-0.15, -0.1) is 0 Å². The van der Waals surface area contributed by atoms with E-state index in [-0.39, 0.29) is 5.41 Å². The Morgan fingerprint density at radius 2 is 1.13 bits per heavy atom. The molecule has 0 fully saturated rings. The summed E-state index contributed by atoms with van der Waals surface area (Å²) in [5.41, 5.74) is 12.8. The number of furan rings is 1. The van der Waals surface area contributed by atoms with E-state index < -0.39 is 0 Å². The summed E-state index contributed by atoms with van der Waals surface area (Å²) in [6, 6.07) is 54.6. The van der Waals surface area contributed by atoms with Gasteiger partial charge in [0, 0.05) is 33.1 Å². The molecule has 0 saturated heterocycles. The van der Waals surface area contributed by atoms with Gasteiger partial charge < -0.3 is 9.32 Å². The topological polar surface area (TPSA) is 16.4 Å². The Bertz CT molecular complexity index is 2400. The molecular weight excluding hydrogens is 546 g/mol. The predicted molar refractivity (Wildman–Crippen MR) is 189 cm³/mol. The average molecular weight is 578 g/mol. The lowest BCUT2D eigenvalue weighted by molar-refractivity contribution is 0.660. The van der Waals surface area contributed by atoms with Gasteiger partial charge in [-0.2, -0.15) is 0 Å². The molecule has 1 aliphatic carbocycles. The third-order valence-electron chi connectivity index (χ3n) is 9.64. The molecule has 1 aromatic heterocycles. The number of rotatable bonds is 4. The minimum atomic E-state index is -0.117. The van der Waals surface area contributed by atoms with Crippen LogP contribution in [0.4, 0.5) is 17.1 Å². The van der Waals surface area contributed by atoms with Crippen LogP contribution in [-0.4, -0.2) is 0 Å². The monoisotopic (exact) mass is 577 g/mol. The van der Waals surface area contributed by atoms with Crippen molar-refractivity contribution in [2.24, 2.45) is 0 Å². The van der Waals surface area contributed by atoms with Gasteiger partial charge in [0.1, 0.15) is 11.2 Å². The molecule has 0 unspecified atom stereocenters. The summed E-state index contributed by atoms with van der Waals surface area (Å²) in [5.74, 6) is 0. The summed E-state index contributed by atoms with van der Waals surface area (Å²) in [7, 11) is 0. The van der Waals surface area contributed by atoms with Crippen molar-refractivity contribution in [2.45, 2.75) is 19.3 Å². The fourth-order valence-corrected chi connectivity index (χ4v) is 7.56. The molecule has 8 aromatic rings. The lowest BCUT2D eigenvalue weighted by Crippen LogP contribution is -2.17. The number of hydrogen-bond acceptors (Lipinski definition) is 2. The highest BCUT2D eigenvalue weighted by atomic mass is 16.3. The zero-order valence-corrected chi connectivity index (χ0v) is 25.3. The van der Waals surface area contributed by atoms with Gasteiger partial charge in [0.05, 0.1) is 11.1 Å². The molecule has 0 radical (unpaired) electrons. The molecule has 45 heavy (non-hydrogen) atoms. The Kier molecular flexibility index (Phi) is 5.58. The van der Waals surface area contributed by atoms with E-state index in [1.165, 1.54) is 38.8 Å². The van der Waals surface area contributed by atoms with E-state index in [1.807, 2.05) is 0 Å². The first-order chi connectivity index (χ1) is 22.1. The van der Waals surface area contributed by atoms with Crippen LogP contribution in [-0.2, 0) is 5.41 Å². The van der Waals surface area contributed by atoms with E-state index >= 15 is 0 Å². The summed E-state index contributed by atoms with van der Waals surface area (Å²) in [6.45, 7) is 4.70. The van der Waals surface area contributed by atoms with Gasteiger partial charge in [-0.1, -0.05) is 135 Å². The van der Waals surface area contributed by atoms with Gasteiger partial charge in [-0.25, -0.2) is 0 Å². The van der Waals surface area contributed by atoms with Gasteiger partial charge in [0.25, 0.3) is 0 Å². The zero-order valence-electron chi connectivity index (χ0n) is 25.3. The molecule has 0 saturated carbocycles. The summed E-state index contributed by atoms with van der Waals surface area (Å²) >= 11 is 0. The van der Waals surface area contributed by atoms with E-state index in [4.69, 9.17) is 4.42 Å². The van der Waals surface area contributed by atoms with Crippen LogP contribution in [0.15, 0.2) is 156 Å². The Hall–Kier alpha value is -5.60. The van der Waals surface area contributed by atoms with Gasteiger partial charge in [-0.05, 0) is 63.5 Å². The second-order valence-corrected chi connectivity index (χ2v) is 12.5. The van der Waals surface area contributed by atoms with Crippen LogP contribution in [0.1, 0.15) is 25.0 Å². The van der Waals surface area contributed by atoms with E-state index in [9.17, 15) is 0 Å².